The number of hydrogen-bond donors (Lipinski definition) is 0. The molecule has 2 aromatic heterocycles. The van der Waals surface area contributed by atoms with Gasteiger partial charge in [0.15, 0.2) is 11.4 Å². The number of rotatable bonds is 3. The van der Waals surface area contributed by atoms with Crippen LogP contribution < -0.4 is 4.90 Å². The first-order chi connectivity index (χ1) is 12.7. The number of nitriles is 1. The van der Waals surface area contributed by atoms with E-state index in [4.69, 9.17) is 10.00 Å². The van der Waals surface area contributed by atoms with Crippen molar-refractivity contribution in [1.82, 2.24) is 14.6 Å². The number of hydrogen-bond acceptors (Lipinski definition) is 6. The van der Waals surface area contributed by atoms with Crippen LogP contribution in [0, 0.1) is 11.3 Å². The van der Waals surface area contributed by atoms with Crippen molar-refractivity contribution >= 4 is 17.1 Å². The highest BCUT2D eigenvalue weighted by Gasteiger charge is 2.23. The van der Waals surface area contributed by atoms with E-state index in [2.05, 4.69) is 21.1 Å². The molecule has 7 heteroatoms. The predicted octanol–water partition coefficient (Wildman–Crippen LogP) is 2.31. The molecule has 3 heterocycles. The molecule has 0 N–H and O–H groups in total. The number of carbonyl (C=O) groups is 1. The van der Waals surface area contributed by atoms with E-state index >= 15 is 0 Å². The van der Waals surface area contributed by atoms with Crippen LogP contribution in [0.15, 0.2) is 36.5 Å². The van der Waals surface area contributed by atoms with E-state index in [9.17, 15) is 4.79 Å². The number of carbonyl (C=O) groups excluding carboxylic acids is 1. The van der Waals surface area contributed by atoms with Gasteiger partial charge >= 0.3 is 0 Å². The minimum Gasteiger partial charge on any atom is -0.378 e. The molecule has 0 atom stereocenters. The van der Waals surface area contributed by atoms with E-state index in [1.54, 1.807) is 22.8 Å². The van der Waals surface area contributed by atoms with Gasteiger partial charge < -0.3 is 9.64 Å². The third kappa shape index (κ3) is 2.70. The largest absolute Gasteiger partial charge is 0.378 e. The molecule has 1 aromatic carbocycles. The number of nitrogens with zero attached hydrogens (tertiary/aromatic N) is 5. The normalized spacial score (nSPS) is 14.4. The quantitative estimate of drug-likeness (QED) is 0.676. The Kier molecular flexibility index (Phi) is 4.11. The summed E-state index contributed by atoms with van der Waals surface area (Å²) in [6.07, 6.45) is 1.72. The van der Waals surface area contributed by atoms with E-state index in [0.717, 1.165) is 24.3 Å². The average molecular weight is 347 g/mol. The topological polar surface area (TPSA) is 83.5 Å². The summed E-state index contributed by atoms with van der Waals surface area (Å²) in [6.45, 7) is 4.38. The average Bonchev–Trinajstić information content (AvgIpc) is 3.09. The molecule has 0 spiro atoms. The number of imidazole rings is 1. The Balaban J connectivity index is 1.92. The van der Waals surface area contributed by atoms with Crippen molar-refractivity contribution in [3.8, 4) is 17.3 Å². The van der Waals surface area contributed by atoms with Gasteiger partial charge in [-0.1, -0.05) is 12.1 Å². The fraction of sp³-hybridized carbons (Fsp3) is 0.263. The van der Waals surface area contributed by atoms with Crippen molar-refractivity contribution in [3.05, 3.63) is 47.8 Å². The van der Waals surface area contributed by atoms with Gasteiger partial charge in [-0.2, -0.15) is 10.4 Å². The lowest BCUT2D eigenvalue weighted by Gasteiger charge is -2.28. The molecule has 26 heavy (non-hydrogen) atoms. The lowest BCUT2D eigenvalue weighted by Crippen LogP contribution is -2.36. The highest BCUT2D eigenvalue weighted by molar-refractivity contribution is 6.00. The Hall–Kier alpha value is -3.24. The van der Waals surface area contributed by atoms with Gasteiger partial charge in [-0.15, -0.1) is 0 Å². The van der Waals surface area contributed by atoms with Crippen molar-refractivity contribution in [2.24, 2.45) is 0 Å². The summed E-state index contributed by atoms with van der Waals surface area (Å²) in [4.78, 5) is 19.0. The van der Waals surface area contributed by atoms with E-state index in [-0.39, 0.29) is 5.78 Å². The molecular weight excluding hydrogens is 330 g/mol. The van der Waals surface area contributed by atoms with Gasteiger partial charge in [-0.25, -0.2) is 9.50 Å². The third-order valence-corrected chi connectivity index (χ3v) is 4.47. The number of ketones is 1. The fourth-order valence-corrected chi connectivity index (χ4v) is 3.19. The monoisotopic (exact) mass is 347 g/mol. The smallest absolute Gasteiger partial charge is 0.180 e. The molecule has 1 saturated heterocycles. The lowest BCUT2D eigenvalue weighted by molar-refractivity contribution is 0.101. The number of anilines is 1. The number of Topliss-reactive ketones (excluding diaryl/α,β-unsaturated/α-hetero) is 1. The fourth-order valence-electron chi connectivity index (χ4n) is 3.19. The van der Waals surface area contributed by atoms with E-state index < -0.39 is 0 Å². The minimum absolute atomic E-state index is 0.122. The number of morpholine rings is 1. The summed E-state index contributed by atoms with van der Waals surface area (Å²) in [5, 5.41) is 13.4. The van der Waals surface area contributed by atoms with Gasteiger partial charge in [0, 0.05) is 25.6 Å². The zero-order chi connectivity index (χ0) is 18.1. The van der Waals surface area contributed by atoms with Crippen LogP contribution in [0.2, 0.25) is 0 Å². The molecule has 0 bridgehead atoms. The molecule has 0 aliphatic carbocycles. The Morgan fingerprint density at radius 3 is 2.58 bits per heavy atom. The number of benzene rings is 1. The molecule has 0 amide bonds. The van der Waals surface area contributed by atoms with Crippen LogP contribution in [-0.2, 0) is 4.74 Å². The highest BCUT2D eigenvalue weighted by Crippen LogP contribution is 2.30. The van der Waals surface area contributed by atoms with Gasteiger partial charge in [-0.05, 0) is 18.2 Å². The molecule has 0 saturated carbocycles. The molecular formula is C19H17N5O2. The first-order valence-corrected chi connectivity index (χ1v) is 8.41. The number of aromatic nitrogens is 3. The molecule has 1 aliphatic heterocycles. The standard InChI is InChI=1S/C19H17N5O2/c1-13(25)17-18(15-4-2-14(12-20)3-5-15)24-19(22-17)16(6-7-21-24)23-8-10-26-11-9-23/h2-7H,8-11H2,1H3. The second-order valence-corrected chi connectivity index (χ2v) is 6.11. The maximum absolute atomic E-state index is 12.2. The molecule has 0 unspecified atom stereocenters. The zero-order valence-corrected chi connectivity index (χ0v) is 14.3. The number of fused-ring (bicyclic) bond motifs is 1. The third-order valence-electron chi connectivity index (χ3n) is 4.47. The summed E-state index contributed by atoms with van der Waals surface area (Å²) < 4.78 is 7.14. The Morgan fingerprint density at radius 2 is 1.92 bits per heavy atom. The molecule has 130 valence electrons. The van der Waals surface area contributed by atoms with Crippen LogP contribution in [0.25, 0.3) is 16.9 Å². The second kappa shape index (κ2) is 6.58. The van der Waals surface area contributed by atoms with Crippen LogP contribution in [-0.4, -0.2) is 46.7 Å². The number of ether oxygens (including phenoxy) is 1. The molecule has 1 fully saturated rings. The Labute approximate surface area is 150 Å². The first kappa shape index (κ1) is 16.2. The van der Waals surface area contributed by atoms with E-state index in [0.29, 0.717) is 35.8 Å². The van der Waals surface area contributed by atoms with Gasteiger partial charge in [0.2, 0.25) is 0 Å². The van der Waals surface area contributed by atoms with Crippen molar-refractivity contribution in [2.75, 3.05) is 31.2 Å². The molecule has 0 radical (unpaired) electrons. The van der Waals surface area contributed by atoms with Gasteiger partial charge in [0.05, 0.1) is 36.7 Å². The first-order valence-electron chi connectivity index (χ1n) is 8.41. The van der Waals surface area contributed by atoms with Gasteiger partial charge in [0.1, 0.15) is 11.4 Å². The summed E-state index contributed by atoms with van der Waals surface area (Å²) in [5.41, 5.74) is 3.97. The summed E-state index contributed by atoms with van der Waals surface area (Å²) in [5.74, 6) is -0.122. The SMILES string of the molecule is CC(=O)c1nc2c(N3CCOCC3)ccnn2c1-c1ccc(C#N)cc1. The van der Waals surface area contributed by atoms with E-state index in [1.165, 1.54) is 6.92 Å². The maximum atomic E-state index is 12.2. The molecule has 7 nitrogen and oxygen atoms in total. The summed E-state index contributed by atoms with van der Waals surface area (Å²) in [6, 6.07) is 11.1. The Morgan fingerprint density at radius 1 is 1.19 bits per heavy atom. The predicted molar refractivity (Wildman–Crippen MR) is 96.2 cm³/mol. The highest BCUT2D eigenvalue weighted by atomic mass is 16.5. The van der Waals surface area contributed by atoms with Crippen molar-refractivity contribution in [2.45, 2.75) is 6.92 Å². The van der Waals surface area contributed by atoms with Crippen LogP contribution in [0.5, 0.6) is 0 Å². The summed E-state index contributed by atoms with van der Waals surface area (Å²) in [7, 11) is 0. The van der Waals surface area contributed by atoms with Crippen LogP contribution in [0.4, 0.5) is 5.69 Å². The van der Waals surface area contributed by atoms with Gasteiger partial charge in [-0.3, -0.25) is 4.79 Å². The van der Waals surface area contributed by atoms with Crippen molar-refractivity contribution in [1.29, 1.82) is 5.26 Å². The van der Waals surface area contributed by atoms with Crippen LogP contribution in [0.3, 0.4) is 0 Å². The van der Waals surface area contributed by atoms with E-state index in [1.807, 2.05) is 18.2 Å². The Bertz CT molecular complexity index is 1010. The molecule has 3 aromatic rings. The summed E-state index contributed by atoms with van der Waals surface area (Å²) >= 11 is 0. The maximum Gasteiger partial charge on any atom is 0.180 e. The molecule has 4 rings (SSSR count). The lowest BCUT2D eigenvalue weighted by atomic mass is 10.1. The molecule has 1 aliphatic rings. The zero-order valence-electron chi connectivity index (χ0n) is 14.3. The minimum atomic E-state index is -0.122. The second-order valence-electron chi connectivity index (χ2n) is 6.11. The van der Waals surface area contributed by atoms with Crippen LogP contribution >= 0.6 is 0 Å². The van der Waals surface area contributed by atoms with Crippen molar-refractivity contribution in [3.63, 3.8) is 0 Å². The van der Waals surface area contributed by atoms with Crippen molar-refractivity contribution < 1.29 is 9.53 Å². The van der Waals surface area contributed by atoms with Crippen LogP contribution in [0.1, 0.15) is 23.0 Å². The van der Waals surface area contributed by atoms with Gasteiger partial charge in [0.25, 0.3) is 0 Å².